The van der Waals surface area contributed by atoms with Gasteiger partial charge in [0.05, 0.1) is 49.3 Å². The lowest BCUT2D eigenvalue weighted by Gasteiger charge is -2.59. The number of nitrogens with one attached hydrogen (secondary N) is 1. The van der Waals surface area contributed by atoms with Crippen molar-refractivity contribution in [3.63, 3.8) is 0 Å². The SMILES string of the molecule is CO[C@H]1C[C@H](OC(C)[C@]2(O)[C@H]3N[C@@](C)(O)CO[C@@H]3[C@H]3[C@@H]4CC=C5C[C@@H](O)CC[C@]5(C)[C@H]4CC[C@@]32C)O[C@H](C)[C@H]1O[C@@H]1O[C@H](C)[C@@H](O)[C@](C)(O)[C@H]1O. The third kappa shape index (κ3) is 5.91. The predicted octanol–water partition coefficient (Wildman–Crippen LogP) is 1.48. The van der Waals surface area contributed by atoms with Gasteiger partial charge < -0.3 is 59.1 Å². The van der Waals surface area contributed by atoms with Gasteiger partial charge in [0.15, 0.2) is 12.6 Å². The van der Waals surface area contributed by atoms with Crippen molar-refractivity contribution in [2.24, 2.45) is 28.6 Å². The Morgan fingerprint density at radius 1 is 0.961 bits per heavy atom. The lowest BCUT2D eigenvalue weighted by atomic mass is 9.46. The summed E-state index contributed by atoms with van der Waals surface area (Å²) >= 11 is 0. The number of rotatable bonds is 6. The first-order chi connectivity index (χ1) is 23.8. The Balaban J connectivity index is 1.12. The molecule has 6 fully saturated rings. The van der Waals surface area contributed by atoms with Crippen LogP contribution in [0.2, 0.25) is 0 Å². The summed E-state index contributed by atoms with van der Waals surface area (Å²) < 4.78 is 37.5. The lowest BCUT2D eigenvalue weighted by molar-refractivity contribution is -0.359. The molecule has 0 bridgehead atoms. The second kappa shape index (κ2) is 13.2. The molecule has 13 heteroatoms. The van der Waals surface area contributed by atoms with Crippen LogP contribution in [0.15, 0.2) is 11.6 Å². The fraction of sp³-hybridized carbons (Fsp3) is 0.947. The molecule has 51 heavy (non-hydrogen) atoms. The normalized spacial score (nSPS) is 57.7. The lowest BCUT2D eigenvalue weighted by Crippen LogP contribution is -2.70. The summed E-state index contributed by atoms with van der Waals surface area (Å²) in [5.41, 5.74) is -3.88. The molecule has 0 aromatic heterocycles. The van der Waals surface area contributed by atoms with E-state index in [1.165, 1.54) is 12.5 Å². The zero-order chi connectivity index (χ0) is 37.1. The summed E-state index contributed by atoms with van der Waals surface area (Å²) in [5, 5.41) is 70.4. The van der Waals surface area contributed by atoms with Crippen LogP contribution >= 0.6 is 0 Å². The number of aliphatic hydroxyl groups excluding tert-OH is 3. The molecular weight excluding hydrogens is 662 g/mol. The summed E-state index contributed by atoms with van der Waals surface area (Å²) in [6.45, 7) is 13.0. The van der Waals surface area contributed by atoms with Crippen LogP contribution in [-0.4, -0.2) is 135 Å². The van der Waals surface area contributed by atoms with E-state index in [0.29, 0.717) is 5.92 Å². The number of allylic oxidation sites excluding steroid dienone is 1. The second-order valence-electron chi connectivity index (χ2n) is 18.0. The van der Waals surface area contributed by atoms with Crippen LogP contribution in [0.5, 0.6) is 0 Å². The molecule has 3 saturated heterocycles. The molecule has 3 saturated carbocycles. The summed E-state index contributed by atoms with van der Waals surface area (Å²) in [4.78, 5) is 0. The van der Waals surface area contributed by atoms with E-state index < -0.39 is 83.7 Å². The molecule has 13 nitrogen and oxygen atoms in total. The van der Waals surface area contributed by atoms with Crippen LogP contribution in [0.25, 0.3) is 0 Å². The van der Waals surface area contributed by atoms with Gasteiger partial charge in [0, 0.05) is 18.9 Å². The van der Waals surface area contributed by atoms with Gasteiger partial charge in [-0.15, -0.1) is 0 Å². The minimum Gasteiger partial charge on any atom is -0.393 e. The zero-order valence-corrected chi connectivity index (χ0v) is 31.5. The van der Waals surface area contributed by atoms with Crippen LogP contribution in [0, 0.1) is 28.6 Å². The summed E-state index contributed by atoms with van der Waals surface area (Å²) in [6.07, 6.45) is -1.18. The monoisotopic (exact) mass is 725 g/mol. The standard InChI is InChI=1S/C38H63NO12/c1-18-28(51-33-32(42)37(7,44)31(41)19(2)49-33)25(46-8)16-26(48-18)50-20(3)38(45)30-29(47-17-36(6,43)39-30)27-23-10-9-21-15-22(40)11-13-34(21,4)24(23)12-14-35(27,38)5/h9,18-20,22-33,39-45H,10-17H2,1-8H3/t18-,19-,20?,22+,23-,24+,25+,26+,27-,28-,29-,30+,31-,32+,33+,34+,35+,36+,37+,38+/m1/s1. The molecule has 7 rings (SSSR count). The minimum atomic E-state index is -1.85. The van der Waals surface area contributed by atoms with Crippen molar-refractivity contribution in [1.29, 1.82) is 0 Å². The van der Waals surface area contributed by atoms with E-state index in [9.17, 15) is 30.6 Å². The number of hydrogen-bond acceptors (Lipinski definition) is 13. The van der Waals surface area contributed by atoms with Gasteiger partial charge in [-0.25, -0.2) is 0 Å². The van der Waals surface area contributed by atoms with Gasteiger partial charge in [-0.2, -0.15) is 0 Å². The highest BCUT2D eigenvalue weighted by Crippen LogP contribution is 2.69. The molecule has 1 unspecified atom stereocenters. The molecule has 0 radical (unpaired) electrons. The number of morpholine rings is 1. The maximum Gasteiger partial charge on any atom is 0.187 e. The number of hydrogen-bond donors (Lipinski definition) is 7. The van der Waals surface area contributed by atoms with Crippen molar-refractivity contribution in [3.05, 3.63) is 11.6 Å². The van der Waals surface area contributed by atoms with E-state index in [2.05, 4.69) is 25.2 Å². The highest BCUT2D eigenvalue weighted by molar-refractivity contribution is 5.30. The van der Waals surface area contributed by atoms with Crippen LogP contribution in [0.1, 0.15) is 93.4 Å². The molecule has 0 aromatic rings. The largest absolute Gasteiger partial charge is 0.393 e. The molecule has 20 atom stereocenters. The third-order valence-electron chi connectivity index (χ3n) is 14.9. The molecule has 3 aliphatic heterocycles. The first-order valence-electron chi connectivity index (χ1n) is 19.2. The Kier molecular flexibility index (Phi) is 9.94. The number of ether oxygens (including phenoxy) is 6. The topological polar surface area (TPSA) is 189 Å². The quantitative estimate of drug-likeness (QED) is 0.195. The Morgan fingerprint density at radius 3 is 2.39 bits per heavy atom. The average Bonchev–Trinajstić information content (AvgIpc) is 3.26. The predicted molar refractivity (Wildman–Crippen MR) is 183 cm³/mol. The van der Waals surface area contributed by atoms with Crippen LogP contribution in [-0.2, 0) is 28.4 Å². The van der Waals surface area contributed by atoms with E-state index in [1.807, 2.05) is 13.8 Å². The summed E-state index contributed by atoms with van der Waals surface area (Å²) in [7, 11) is 1.56. The summed E-state index contributed by atoms with van der Waals surface area (Å²) in [6, 6.07) is -0.609. The Hall–Kier alpha value is -0.780. The van der Waals surface area contributed by atoms with Gasteiger partial charge in [0.25, 0.3) is 0 Å². The molecule has 4 aliphatic carbocycles. The molecule has 0 spiro atoms. The van der Waals surface area contributed by atoms with Crippen LogP contribution in [0.3, 0.4) is 0 Å². The minimum absolute atomic E-state index is 0.00158. The van der Waals surface area contributed by atoms with E-state index in [0.717, 1.165) is 38.5 Å². The molecular formula is C38H63NO12. The number of fused-ring (bicyclic) bond motifs is 7. The Labute approximate surface area is 302 Å². The van der Waals surface area contributed by atoms with Crippen molar-refractivity contribution in [2.75, 3.05) is 13.7 Å². The van der Waals surface area contributed by atoms with Crippen molar-refractivity contribution in [3.8, 4) is 0 Å². The third-order valence-corrected chi connectivity index (χ3v) is 14.9. The number of aliphatic hydroxyl groups is 6. The van der Waals surface area contributed by atoms with Crippen LogP contribution in [0.4, 0.5) is 0 Å². The van der Waals surface area contributed by atoms with Crippen molar-refractivity contribution < 1.29 is 59.1 Å². The second-order valence-corrected chi connectivity index (χ2v) is 18.0. The summed E-state index contributed by atoms with van der Waals surface area (Å²) in [5.74, 6) is 0.657. The molecule has 0 amide bonds. The van der Waals surface area contributed by atoms with E-state index in [4.69, 9.17) is 28.4 Å². The smallest absolute Gasteiger partial charge is 0.187 e. The van der Waals surface area contributed by atoms with E-state index in [1.54, 1.807) is 21.0 Å². The van der Waals surface area contributed by atoms with Crippen LogP contribution < -0.4 is 5.32 Å². The Morgan fingerprint density at radius 2 is 1.69 bits per heavy atom. The maximum atomic E-state index is 13.2. The fourth-order valence-corrected chi connectivity index (χ4v) is 11.9. The molecule has 3 heterocycles. The number of methoxy groups -OCH3 is 1. The Bertz CT molecular complexity index is 1330. The van der Waals surface area contributed by atoms with Gasteiger partial charge in [0.2, 0.25) is 0 Å². The highest BCUT2D eigenvalue weighted by Gasteiger charge is 2.74. The van der Waals surface area contributed by atoms with Gasteiger partial charge in [0.1, 0.15) is 35.2 Å². The molecule has 292 valence electrons. The van der Waals surface area contributed by atoms with Crippen molar-refractivity contribution in [1.82, 2.24) is 5.32 Å². The molecule has 7 aliphatic rings. The zero-order valence-electron chi connectivity index (χ0n) is 31.5. The fourth-order valence-electron chi connectivity index (χ4n) is 11.9. The van der Waals surface area contributed by atoms with Gasteiger partial charge in [-0.3, -0.25) is 5.32 Å². The maximum absolute atomic E-state index is 13.2. The molecule has 0 aromatic carbocycles. The van der Waals surface area contributed by atoms with Crippen molar-refractivity contribution >= 4 is 0 Å². The van der Waals surface area contributed by atoms with Crippen molar-refractivity contribution in [2.45, 2.75) is 184 Å². The first-order valence-corrected chi connectivity index (χ1v) is 19.2. The van der Waals surface area contributed by atoms with E-state index >= 15 is 0 Å². The van der Waals surface area contributed by atoms with Gasteiger partial charge >= 0.3 is 0 Å². The molecule has 7 N–H and O–H groups in total. The average molecular weight is 726 g/mol. The van der Waals surface area contributed by atoms with Gasteiger partial charge in [-0.1, -0.05) is 25.5 Å². The van der Waals surface area contributed by atoms with E-state index in [-0.39, 0.29) is 42.5 Å². The van der Waals surface area contributed by atoms with Gasteiger partial charge in [-0.05, 0) is 96.3 Å². The highest BCUT2D eigenvalue weighted by atomic mass is 16.7. The first kappa shape index (κ1) is 38.5.